The van der Waals surface area contributed by atoms with Gasteiger partial charge in [-0.2, -0.15) is 0 Å². The molecule has 3 aromatic rings. The minimum absolute atomic E-state index is 0.127. The SMILES string of the molecule is CC(=O)Nc1ccc(NC(=O)CCc2ncc(-c3ccc(C)c(C)c3)o2)cc1. The first-order chi connectivity index (χ1) is 13.4. The van der Waals surface area contributed by atoms with Crippen molar-refractivity contribution in [2.75, 3.05) is 10.6 Å². The number of oxazole rings is 1. The van der Waals surface area contributed by atoms with E-state index in [0.29, 0.717) is 29.4 Å². The standard InChI is InChI=1S/C22H23N3O3/c1-14-4-5-17(12-15(14)2)20-13-23-22(28-20)11-10-21(27)25-19-8-6-18(7-9-19)24-16(3)26/h4-9,12-13H,10-11H2,1-3H3,(H,24,26)(H,25,27). The predicted molar refractivity (Wildman–Crippen MR) is 109 cm³/mol. The summed E-state index contributed by atoms with van der Waals surface area (Å²) in [6.45, 7) is 5.57. The molecule has 0 saturated heterocycles. The van der Waals surface area contributed by atoms with E-state index in [1.807, 2.05) is 6.07 Å². The molecule has 0 bridgehead atoms. The van der Waals surface area contributed by atoms with Gasteiger partial charge in [-0.3, -0.25) is 9.59 Å². The number of rotatable bonds is 6. The molecule has 3 rings (SSSR count). The molecule has 2 aromatic carbocycles. The Labute approximate surface area is 164 Å². The van der Waals surface area contributed by atoms with E-state index in [1.54, 1.807) is 30.5 Å². The number of aryl methyl sites for hydroxylation is 3. The normalized spacial score (nSPS) is 10.5. The predicted octanol–water partition coefficient (Wildman–Crippen LogP) is 4.49. The summed E-state index contributed by atoms with van der Waals surface area (Å²) in [6, 6.07) is 13.1. The van der Waals surface area contributed by atoms with Gasteiger partial charge in [0.1, 0.15) is 0 Å². The average Bonchev–Trinajstić information content (AvgIpc) is 3.12. The van der Waals surface area contributed by atoms with Crippen molar-refractivity contribution in [2.24, 2.45) is 0 Å². The smallest absolute Gasteiger partial charge is 0.224 e. The molecular formula is C22H23N3O3. The van der Waals surface area contributed by atoms with Gasteiger partial charge in [0.15, 0.2) is 11.7 Å². The van der Waals surface area contributed by atoms with Crippen LogP contribution in [0.15, 0.2) is 53.1 Å². The number of anilines is 2. The number of carbonyl (C=O) groups is 2. The van der Waals surface area contributed by atoms with Crippen LogP contribution >= 0.6 is 0 Å². The van der Waals surface area contributed by atoms with Crippen molar-refractivity contribution in [2.45, 2.75) is 33.6 Å². The van der Waals surface area contributed by atoms with Gasteiger partial charge in [-0.15, -0.1) is 0 Å². The zero-order valence-corrected chi connectivity index (χ0v) is 16.2. The molecule has 1 heterocycles. The minimum atomic E-state index is -0.136. The summed E-state index contributed by atoms with van der Waals surface area (Å²) in [7, 11) is 0. The van der Waals surface area contributed by atoms with Gasteiger partial charge in [-0.25, -0.2) is 4.98 Å². The van der Waals surface area contributed by atoms with E-state index in [1.165, 1.54) is 18.1 Å². The highest BCUT2D eigenvalue weighted by molar-refractivity contribution is 5.92. The van der Waals surface area contributed by atoms with Gasteiger partial charge >= 0.3 is 0 Å². The molecule has 0 spiro atoms. The Balaban J connectivity index is 1.54. The van der Waals surface area contributed by atoms with E-state index in [4.69, 9.17) is 4.42 Å². The summed E-state index contributed by atoms with van der Waals surface area (Å²) < 4.78 is 5.79. The highest BCUT2D eigenvalue weighted by atomic mass is 16.4. The number of nitrogens with zero attached hydrogens (tertiary/aromatic N) is 1. The van der Waals surface area contributed by atoms with Gasteiger partial charge in [0, 0.05) is 36.7 Å². The lowest BCUT2D eigenvalue weighted by Gasteiger charge is -2.06. The van der Waals surface area contributed by atoms with Gasteiger partial charge in [0.25, 0.3) is 0 Å². The number of hydrogen-bond acceptors (Lipinski definition) is 4. The molecule has 0 aliphatic heterocycles. The second-order valence-corrected chi connectivity index (χ2v) is 6.72. The lowest BCUT2D eigenvalue weighted by atomic mass is 10.1. The average molecular weight is 377 g/mol. The third-order valence-corrected chi connectivity index (χ3v) is 4.40. The highest BCUT2D eigenvalue weighted by Gasteiger charge is 2.10. The summed E-state index contributed by atoms with van der Waals surface area (Å²) in [5.74, 6) is 0.970. The Hall–Kier alpha value is -3.41. The number of hydrogen-bond donors (Lipinski definition) is 2. The van der Waals surface area contributed by atoms with Crippen molar-refractivity contribution in [3.63, 3.8) is 0 Å². The second kappa shape index (κ2) is 8.52. The largest absolute Gasteiger partial charge is 0.441 e. The molecule has 28 heavy (non-hydrogen) atoms. The van der Waals surface area contributed by atoms with E-state index in [-0.39, 0.29) is 18.2 Å². The third-order valence-electron chi connectivity index (χ3n) is 4.40. The van der Waals surface area contributed by atoms with Gasteiger partial charge < -0.3 is 15.1 Å². The molecule has 144 valence electrons. The summed E-state index contributed by atoms with van der Waals surface area (Å²) >= 11 is 0. The lowest BCUT2D eigenvalue weighted by molar-refractivity contribution is -0.116. The van der Waals surface area contributed by atoms with Crippen LogP contribution in [0.1, 0.15) is 30.4 Å². The fourth-order valence-electron chi connectivity index (χ4n) is 2.74. The van der Waals surface area contributed by atoms with E-state index >= 15 is 0 Å². The number of carbonyl (C=O) groups excluding carboxylic acids is 2. The van der Waals surface area contributed by atoms with Crippen LogP contribution in [0, 0.1) is 13.8 Å². The topological polar surface area (TPSA) is 84.2 Å². The minimum Gasteiger partial charge on any atom is -0.441 e. The fourth-order valence-corrected chi connectivity index (χ4v) is 2.74. The lowest BCUT2D eigenvalue weighted by Crippen LogP contribution is -2.12. The Bertz CT molecular complexity index is 991. The van der Waals surface area contributed by atoms with Gasteiger partial charge in [-0.05, 0) is 55.3 Å². The van der Waals surface area contributed by atoms with Gasteiger partial charge in [0.2, 0.25) is 11.8 Å². The third kappa shape index (κ3) is 5.07. The van der Waals surface area contributed by atoms with Crippen molar-refractivity contribution in [1.82, 2.24) is 4.98 Å². The Morgan fingerprint density at radius 3 is 2.29 bits per heavy atom. The summed E-state index contributed by atoms with van der Waals surface area (Å²) in [5.41, 5.74) is 4.75. The van der Waals surface area contributed by atoms with Crippen LogP contribution in [0.4, 0.5) is 11.4 Å². The van der Waals surface area contributed by atoms with E-state index < -0.39 is 0 Å². The molecule has 6 heteroatoms. The molecule has 0 fully saturated rings. The molecule has 0 saturated carbocycles. The number of benzene rings is 2. The Kier molecular flexibility index (Phi) is 5.89. The van der Waals surface area contributed by atoms with Crippen molar-refractivity contribution in [3.8, 4) is 11.3 Å². The van der Waals surface area contributed by atoms with Crippen LogP contribution < -0.4 is 10.6 Å². The number of nitrogens with one attached hydrogen (secondary N) is 2. The molecule has 0 radical (unpaired) electrons. The van der Waals surface area contributed by atoms with Crippen molar-refractivity contribution in [3.05, 3.63) is 65.7 Å². The molecule has 2 amide bonds. The first kappa shape index (κ1) is 19.4. The van der Waals surface area contributed by atoms with Crippen LogP contribution in [0.25, 0.3) is 11.3 Å². The summed E-state index contributed by atoms with van der Waals surface area (Å²) in [5, 5.41) is 5.51. The molecule has 0 unspecified atom stereocenters. The summed E-state index contributed by atoms with van der Waals surface area (Å²) in [4.78, 5) is 27.5. The van der Waals surface area contributed by atoms with E-state index in [0.717, 1.165) is 5.56 Å². The summed E-state index contributed by atoms with van der Waals surface area (Å²) in [6.07, 6.45) is 2.37. The molecule has 6 nitrogen and oxygen atoms in total. The van der Waals surface area contributed by atoms with Crippen molar-refractivity contribution >= 4 is 23.2 Å². The zero-order chi connectivity index (χ0) is 20.1. The van der Waals surface area contributed by atoms with Gasteiger partial charge in [0.05, 0.1) is 6.20 Å². The Morgan fingerprint density at radius 1 is 0.964 bits per heavy atom. The van der Waals surface area contributed by atoms with Crippen LogP contribution in [0.3, 0.4) is 0 Å². The maximum Gasteiger partial charge on any atom is 0.224 e. The fraction of sp³-hybridized carbons (Fsp3) is 0.227. The quantitative estimate of drug-likeness (QED) is 0.663. The molecule has 2 N–H and O–H groups in total. The maximum absolute atomic E-state index is 12.2. The Morgan fingerprint density at radius 2 is 1.64 bits per heavy atom. The molecule has 0 aliphatic rings. The van der Waals surface area contributed by atoms with Crippen LogP contribution in [0.2, 0.25) is 0 Å². The maximum atomic E-state index is 12.2. The second-order valence-electron chi connectivity index (χ2n) is 6.72. The highest BCUT2D eigenvalue weighted by Crippen LogP contribution is 2.23. The van der Waals surface area contributed by atoms with Gasteiger partial charge in [-0.1, -0.05) is 12.1 Å². The number of aromatic nitrogens is 1. The van der Waals surface area contributed by atoms with Crippen LogP contribution in [0.5, 0.6) is 0 Å². The first-order valence-electron chi connectivity index (χ1n) is 9.10. The van der Waals surface area contributed by atoms with Crippen LogP contribution in [-0.2, 0) is 16.0 Å². The molecule has 0 aliphatic carbocycles. The first-order valence-corrected chi connectivity index (χ1v) is 9.10. The zero-order valence-electron chi connectivity index (χ0n) is 16.2. The molecule has 0 atom stereocenters. The molecular weight excluding hydrogens is 354 g/mol. The monoisotopic (exact) mass is 377 g/mol. The van der Waals surface area contributed by atoms with E-state index in [2.05, 4.69) is 41.6 Å². The van der Waals surface area contributed by atoms with Crippen molar-refractivity contribution < 1.29 is 14.0 Å². The van der Waals surface area contributed by atoms with E-state index in [9.17, 15) is 9.59 Å². The number of amides is 2. The molecule has 1 aromatic heterocycles. The van der Waals surface area contributed by atoms with Crippen LogP contribution in [-0.4, -0.2) is 16.8 Å². The van der Waals surface area contributed by atoms with Crippen molar-refractivity contribution in [1.29, 1.82) is 0 Å².